The Balaban J connectivity index is 2.95. The van der Waals surface area contributed by atoms with Crippen molar-refractivity contribution in [2.45, 2.75) is 32.9 Å². The van der Waals surface area contributed by atoms with Crippen LogP contribution in [0.5, 0.6) is 0 Å². The maximum Gasteiger partial charge on any atom is 0.194 e. The fraction of sp³-hybridized carbons (Fsp3) is 0.455. The van der Waals surface area contributed by atoms with Crippen LogP contribution < -0.4 is 5.32 Å². The lowest BCUT2D eigenvalue weighted by atomic mass is 10.1. The van der Waals surface area contributed by atoms with Gasteiger partial charge in [-0.05, 0) is 24.6 Å². The molecule has 1 atom stereocenters. The Labute approximate surface area is 87.3 Å². The molecule has 0 aliphatic carbocycles. The molecular weight excluding hydrogens is 203 g/mol. The van der Waals surface area contributed by atoms with Crippen LogP contribution >= 0.6 is 0 Å². The van der Waals surface area contributed by atoms with Crippen molar-refractivity contribution in [2.24, 2.45) is 0 Å². The summed E-state index contributed by atoms with van der Waals surface area (Å²) in [6, 6.07) is 2.00. The summed E-state index contributed by atoms with van der Waals surface area (Å²) in [5.41, 5.74) is 0.403. The fourth-order valence-corrected chi connectivity index (χ4v) is 1.42. The van der Waals surface area contributed by atoms with E-state index in [2.05, 4.69) is 5.32 Å². The number of halogens is 3. The Morgan fingerprint density at radius 3 is 1.87 bits per heavy atom. The number of benzene rings is 1. The molecule has 0 aliphatic heterocycles. The highest BCUT2D eigenvalue weighted by Crippen LogP contribution is 2.19. The molecule has 0 saturated carbocycles. The molecule has 0 amide bonds. The predicted octanol–water partition coefficient (Wildman–Crippen LogP) is 3.16. The molecule has 0 bridgehead atoms. The van der Waals surface area contributed by atoms with E-state index in [9.17, 15) is 13.2 Å². The van der Waals surface area contributed by atoms with Gasteiger partial charge >= 0.3 is 0 Å². The van der Waals surface area contributed by atoms with Gasteiger partial charge in [0.25, 0.3) is 0 Å². The monoisotopic (exact) mass is 217 g/mol. The van der Waals surface area contributed by atoms with Gasteiger partial charge in [0, 0.05) is 12.1 Å². The summed E-state index contributed by atoms with van der Waals surface area (Å²) in [5, 5.41) is 3.08. The van der Waals surface area contributed by atoms with Gasteiger partial charge in [-0.2, -0.15) is 0 Å². The zero-order valence-corrected chi connectivity index (χ0v) is 8.94. The van der Waals surface area contributed by atoms with Crippen molar-refractivity contribution >= 4 is 0 Å². The van der Waals surface area contributed by atoms with Gasteiger partial charge in [0.05, 0.1) is 0 Å². The Kier molecular flexibility index (Phi) is 3.74. The molecule has 84 valence electrons. The molecule has 0 aromatic heterocycles. The van der Waals surface area contributed by atoms with Gasteiger partial charge in [-0.15, -0.1) is 0 Å². The fourth-order valence-electron chi connectivity index (χ4n) is 1.42. The summed E-state index contributed by atoms with van der Waals surface area (Å²) >= 11 is 0. The summed E-state index contributed by atoms with van der Waals surface area (Å²) in [6.07, 6.45) is 0. The predicted molar refractivity (Wildman–Crippen MR) is 53.0 cm³/mol. The number of hydrogen-bond acceptors (Lipinski definition) is 1. The smallest absolute Gasteiger partial charge is 0.194 e. The lowest BCUT2D eigenvalue weighted by Crippen LogP contribution is -2.26. The molecule has 0 radical (unpaired) electrons. The van der Waals surface area contributed by atoms with Gasteiger partial charge in [-0.25, -0.2) is 13.2 Å². The molecule has 0 aliphatic rings. The highest BCUT2D eigenvalue weighted by atomic mass is 19.2. The first kappa shape index (κ1) is 12.0. The van der Waals surface area contributed by atoms with Crippen LogP contribution in [-0.2, 0) is 0 Å². The minimum Gasteiger partial charge on any atom is -0.308 e. The molecule has 0 saturated heterocycles. The third kappa shape index (κ3) is 2.96. The SMILES string of the molecule is CC(C)NC(C)c1cc(F)c(F)c(F)c1. The van der Waals surface area contributed by atoms with Crippen LogP contribution in [0.1, 0.15) is 32.4 Å². The van der Waals surface area contributed by atoms with Crippen LogP contribution in [0.4, 0.5) is 13.2 Å². The van der Waals surface area contributed by atoms with Gasteiger partial charge < -0.3 is 5.32 Å². The number of hydrogen-bond donors (Lipinski definition) is 1. The van der Waals surface area contributed by atoms with E-state index in [1.165, 1.54) is 0 Å². The first-order valence-electron chi connectivity index (χ1n) is 4.82. The molecule has 1 unspecified atom stereocenters. The first-order valence-corrected chi connectivity index (χ1v) is 4.82. The van der Waals surface area contributed by atoms with Crippen molar-refractivity contribution in [2.75, 3.05) is 0 Å². The van der Waals surface area contributed by atoms with Crippen molar-refractivity contribution in [1.82, 2.24) is 5.32 Å². The molecule has 1 rings (SSSR count). The van der Waals surface area contributed by atoms with Gasteiger partial charge in [-0.1, -0.05) is 13.8 Å². The highest BCUT2D eigenvalue weighted by Gasteiger charge is 2.14. The quantitative estimate of drug-likeness (QED) is 0.767. The van der Waals surface area contributed by atoms with E-state index in [1.54, 1.807) is 6.92 Å². The van der Waals surface area contributed by atoms with Gasteiger partial charge in [0.15, 0.2) is 17.5 Å². The Hall–Kier alpha value is -1.03. The maximum atomic E-state index is 12.9. The number of nitrogens with one attached hydrogen (secondary N) is 1. The topological polar surface area (TPSA) is 12.0 Å². The van der Waals surface area contributed by atoms with Crippen molar-refractivity contribution in [3.63, 3.8) is 0 Å². The molecule has 15 heavy (non-hydrogen) atoms. The van der Waals surface area contributed by atoms with Crippen LogP contribution in [-0.4, -0.2) is 6.04 Å². The summed E-state index contributed by atoms with van der Waals surface area (Å²) in [4.78, 5) is 0. The summed E-state index contributed by atoms with van der Waals surface area (Å²) in [5.74, 6) is -3.72. The second kappa shape index (κ2) is 4.66. The zero-order valence-electron chi connectivity index (χ0n) is 8.94. The average Bonchev–Trinajstić information content (AvgIpc) is 2.12. The van der Waals surface area contributed by atoms with Crippen LogP contribution in [0.25, 0.3) is 0 Å². The van der Waals surface area contributed by atoms with Crippen LogP contribution in [0.15, 0.2) is 12.1 Å². The van der Waals surface area contributed by atoms with E-state index in [1.807, 2.05) is 13.8 Å². The summed E-state index contributed by atoms with van der Waals surface area (Å²) in [7, 11) is 0. The summed E-state index contributed by atoms with van der Waals surface area (Å²) in [6.45, 7) is 5.62. The standard InChI is InChI=1S/C11H14F3N/c1-6(2)15-7(3)8-4-9(12)11(14)10(13)5-8/h4-7,15H,1-3H3. The van der Waals surface area contributed by atoms with Crippen molar-refractivity contribution < 1.29 is 13.2 Å². The van der Waals surface area contributed by atoms with E-state index in [0.717, 1.165) is 12.1 Å². The zero-order chi connectivity index (χ0) is 11.6. The van der Waals surface area contributed by atoms with Crippen LogP contribution in [0, 0.1) is 17.5 Å². The molecule has 4 heteroatoms. The van der Waals surface area contributed by atoms with E-state index >= 15 is 0 Å². The minimum absolute atomic E-state index is 0.191. The third-order valence-corrected chi connectivity index (χ3v) is 2.09. The van der Waals surface area contributed by atoms with Gasteiger partial charge in [-0.3, -0.25) is 0 Å². The normalized spacial score (nSPS) is 13.3. The van der Waals surface area contributed by atoms with E-state index in [0.29, 0.717) is 5.56 Å². The Morgan fingerprint density at radius 2 is 1.47 bits per heavy atom. The van der Waals surface area contributed by atoms with E-state index < -0.39 is 17.5 Å². The molecule has 1 N–H and O–H groups in total. The van der Waals surface area contributed by atoms with Crippen LogP contribution in [0.3, 0.4) is 0 Å². The second-order valence-electron chi connectivity index (χ2n) is 3.84. The molecular formula is C11H14F3N. The lowest BCUT2D eigenvalue weighted by Gasteiger charge is -2.17. The van der Waals surface area contributed by atoms with E-state index in [4.69, 9.17) is 0 Å². The van der Waals surface area contributed by atoms with Crippen LogP contribution in [0.2, 0.25) is 0 Å². The largest absolute Gasteiger partial charge is 0.308 e. The molecule has 0 heterocycles. The van der Waals surface area contributed by atoms with Crippen molar-refractivity contribution in [3.05, 3.63) is 35.1 Å². The lowest BCUT2D eigenvalue weighted by molar-refractivity contribution is 0.437. The summed E-state index contributed by atoms with van der Waals surface area (Å²) < 4.78 is 38.5. The first-order chi connectivity index (χ1) is 6.91. The molecule has 0 fully saturated rings. The Morgan fingerprint density at radius 1 is 1.00 bits per heavy atom. The van der Waals surface area contributed by atoms with Gasteiger partial charge in [0.1, 0.15) is 0 Å². The molecule has 1 aromatic carbocycles. The minimum atomic E-state index is -1.42. The molecule has 1 nitrogen and oxygen atoms in total. The average molecular weight is 217 g/mol. The highest BCUT2D eigenvalue weighted by molar-refractivity contribution is 5.22. The number of rotatable bonds is 3. The van der Waals surface area contributed by atoms with Crippen molar-refractivity contribution in [3.8, 4) is 0 Å². The molecule has 0 spiro atoms. The van der Waals surface area contributed by atoms with E-state index in [-0.39, 0.29) is 12.1 Å². The second-order valence-corrected chi connectivity index (χ2v) is 3.84. The maximum absolute atomic E-state index is 12.9. The Bertz CT molecular complexity index is 327. The third-order valence-electron chi connectivity index (χ3n) is 2.09. The molecule has 1 aromatic rings. The van der Waals surface area contributed by atoms with Crippen molar-refractivity contribution in [1.29, 1.82) is 0 Å². The van der Waals surface area contributed by atoms with Gasteiger partial charge in [0.2, 0.25) is 0 Å².